The number of fused-ring (bicyclic) bond motifs is 2. The summed E-state index contributed by atoms with van der Waals surface area (Å²) >= 11 is 0. The van der Waals surface area contributed by atoms with Crippen LogP contribution in [0.3, 0.4) is 0 Å². The third kappa shape index (κ3) is 4.36. The molecule has 4 rings (SSSR count). The zero-order chi connectivity index (χ0) is 23.3. The highest BCUT2D eigenvalue weighted by atomic mass is 28.4. The molecule has 0 spiro atoms. The first-order chi connectivity index (χ1) is 14.9. The summed E-state index contributed by atoms with van der Waals surface area (Å²) in [4.78, 5) is 13.5. The molecule has 0 amide bonds. The number of hydrogen-bond donors (Lipinski definition) is 0. The molecule has 2 aliphatic rings. The van der Waals surface area contributed by atoms with Gasteiger partial charge < -0.3 is 23.4 Å². The molecule has 0 saturated carbocycles. The van der Waals surface area contributed by atoms with E-state index in [0.717, 1.165) is 11.2 Å². The van der Waals surface area contributed by atoms with E-state index < -0.39 is 20.3 Å². The largest absolute Gasteiger partial charge is 0.414 e. The molecule has 9 nitrogen and oxygen atoms in total. The van der Waals surface area contributed by atoms with Gasteiger partial charge in [-0.05, 0) is 32.0 Å². The standard InChI is InChI=1S/C22H36N4O5Si/c1-21(2,3)32(7,8)28-11-15-17-18(31-22(4,5)30-17)20(29-15)26-13-25-16-14(9-10-27-6)23-12-24-19(16)26/h12-13,15,17-18,20H,9-11H2,1-8H3/t15-,17-,18+,20-/m1/s1. The summed E-state index contributed by atoms with van der Waals surface area (Å²) in [5.74, 6) is -0.693. The van der Waals surface area contributed by atoms with Crippen LogP contribution in [-0.2, 0) is 29.8 Å². The first kappa shape index (κ1) is 23.7. The van der Waals surface area contributed by atoms with Crippen LogP contribution in [0.15, 0.2) is 12.7 Å². The van der Waals surface area contributed by atoms with E-state index in [1.165, 1.54) is 0 Å². The lowest BCUT2D eigenvalue weighted by Crippen LogP contribution is -2.44. The van der Waals surface area contributed by atoms with Crippen molar-refractivity contribution < 1.29 is 23.4 Å². The number of imidazole rings is 1. The summed E-state index contributed by atoms with van der Waals surface area (Å²) < 4.78 is 32.6. The van der Waals surface area contributed by atoms with Crippen LogP contribution in [0.1, 0.15) is 46.5 Å². The van der Waals surface area contributed by atoms with Gasteiger partial charge in [0.1, 0.15) is 30.2 Å². The van der Waals surface area contributed by atoms with Crippen molar-refractivity contribution in [3.05, 3.63) is 18.3 Å². The first-order valence-electron chi connectivity index (χ1n) is 11.2. The van der Waals surface area contributed by atoms with Crippen LogP contribution >= 0.6 is 0 Å². The van der Waals surface area contributed by atoms with Crippen molar-refractivity contribution in [1.82, 2.24) is 19.5 Å². The summed E-state index contributed by atoms with van der Waals surface area (Å²) in [6.07, 6.45) is 2.81. The SMILES string of the molecule is COCCc1ncnc2c1ncn2[C@@H]1O[C@H](CO[Si](C)(C)C(C)(C)C)[C@H]2OC(C)(C)O[C@@H]21. The van der Waals surface area contributed by atoms with E-state index in [4.69, 9.17) is 23.4 Å². The molecule has 32 heavy (non-hydrogen) atoms. The van der Waals surface area contributed by atoms with Crippen LogP contribution in [0.2, 0.25) is 18.1 Å². The van der Waals surface area contributed by atoms with E-state index in [1.807, 2.05) is 18.4 Å². The van der Waals surface area contributed by atoms with Crippen molar-refractivity contribution in [1.29, 1.82) is 0 Å². The van der Waals surface area contributed by atoms with Gasteiger partial charge in [-0.25, -0.2) is 15.0 Å². The fraction of sp³-hybridized carbons (Fsp3) is 0.773. The van der Waals surface area contributed by atoms with Gasteiger partial charge in [0.05, 0.1) is 25.2 Å². The van der Waals surface area contributed by atoms with Crippen LogP contribution < -0.4 is 0 Å². The average molecular weight is 465 g/mol. The van der Waals surface area contributed by atoms with Gasteiger partial charge in [0, 0.05) is 13.5 Å². The molecule has 4 heterocycles. The van der Waals surface area contributed by atoms with Gasteiger partial charge in [-0.1, -0.05) is 20.8 Å². The maximum Gasteiger partial charge on any atom is 0.192 e. The highest BCUT2D eigenvalue weighted by molar-refractivity contribution is 6.74. The quantitative estimate of drug-likeness (QED) is 0.576. The Morgan fingerprint density at radius 1 is 1.12 bits per heavy atom. The van der Waals surface area contributed by atoms with Crippen LogP contribution in [-0.4, -0.2) is 72.3 Å². The van der Waals surface area contributed by atoms with Crippen molar-refractivity contribution in [3.63, 3.8) is 0 Å². The zero-order valence-electron chi connectivity index (χ0n) is 20.4. The second kappa shape index (κ2) is 8.41. The van der Waals surface area contributed by atoms with Crippen molar-refractivity contribution in [2.75, 3.05) is 20.3 Å². The van der Waals surface area contributed by atoms with Crippen LogP contribution in [0.5, 0.6) is 0 Å². The number of rotatable bonds is 7. The molecule has 0 aromatic carbocycles. The average Bonchev–Trinajstić information content (AvgIpc) is 3.35. The smallest absolute Gasteiger partial charge is 0.192 e. The molecule has 0 bridgehead atoms. The summed E-state index contributed by atoms with van der Waals surface area (Å²) in [5, 5.41) is 0.118. The Hall–Kier alpha value is -1.43. The molecule has 2 aromatic rings. The third-order valence-electron chi connectivity index (χ3n) is 6.79. The molecular weight excluding hydrogens is 428 g/mol. The molecular formula is C22H36N4O5Si. The van der Waals surface area contributed by atoms with Crippen molar-refractivity contribution in [2.45, 2.75) is 89.5 Å². The van der Waals surface area contributed by atoms with E-state index in [1.54, 1.807) is 19.8 Å². The van der Waals surface area contributed by atoms with Gasteiger partial charge in [-0.15, -0.1) is 0 Å². The lowest BCUT2D eigenvalue weighted by Gasteiger charge is -2.37. The Bertz CT molecular complexity index is 957. The lowest BCUT2D eigenvalue weighted by atomic mass is 10.1. The van der Waals surface area contributed by atoms with E-state index in [0.29, 0.717) is 25.3 Å². The Balaban J connectivity index is 1.61. The fourth-order valence-corrected chi connectivity index (χ4v) is 5.01. The Morgan fingerprint density at radius 2 is 1.84 bits per heavy atom. The molecule has 10 heteroatoms. The van der Waals surface area contributed by atoms with E-state index in [9.17, 15) is 0 Å². The van der Waals surface area contributed by atoms with Gasteiger partial charge in [0.2, 0.25) is 0 Å². The van der Waals surface area contributed by atoms with Gasteiger partial charge >= 0.3 is 0 Å². The maximum atomic E-state index is 6.49. The molecule has 2 saturated heterocycles. The minimum absolute atomic E-state index is 0.118. The summed E-state index contributed by atoms with van der Waals surface area (Å²) in [7, 11) is -0.257. The molecule has 178 valence electrons. The topological polar surface area (TPSA) is 89.8 Å². The van der Waals surface area contributed by atoms with Gasteiger partial charge in [0.25, 0.3) is 0 Å². The van der Waals surface area contributed by atoms with Gasteiger partial charge in [-0.3, -0.25) is 4.57 Å². The van der Waals surface area contributed by atoms with E-state index in [2.05, 4.69) is 48.8 Å². The summed E-state index contributed by atoms with van der Waals surface area (Å²) in [5.41, 5.74) is 2.32. The molecule has 2 aliphatic heterocycles. The van der Waals surface area contributed by atoms with E-state index in [-0.39, 0.29) is 23.4 Å². The third-order valence-corrected chi connectivity index (χ3v) is 11.3. The molecule has 0 unspecified atom stereocenters. The number of methoxy groups -OCH3 is 1. The zero-order valence-corrected chi connectivity index (χ0v) is 21.4. The number of ether oxygens (including phenoxy) is 4. The van der Waals surface area contributed by atoms with Crippen molar-refractivity contribution in [3.8, 4) is 0 Å². The fourth-order valence-electron chi connectivity index (χ4n) is 3.99. The van der Waals surface area contributed by atoms with E-state index >= 15 is 0 Å². The predicted molar refractivity (Wildman–Crippen MR) is 122 cm³/mol. The van der Waals surface area contributed by atoms with Gasteiger partial charge in [0.15, 0.2) is 26.0 Å². The number of aromatic nitrogens is 4. The first-order valence-corrected chi connectivity index (χ1v) is 14.1. The normalized spacial score (nSPS) is 27.9. The Kier molecular flexibility index (Phi) is 6.23. The molecule has 2 aromatic heterocycles. The minimum Gasteiger partial charge on any atom is -0.414 e. The Labute approximate surface area is 190 Å². The highest BCUT2D eigenvalue weighted by Crippen LogP contribution is 2.45. The summed E-state index contributed by atoms with van der Waals surface area (Å²) in [6, 6.07) is 0. The van der Waals surface area contributed by atoms with Gasteiger partial charge in [-0.2, -0.15) is 0 Å². The molecule has 0 radical (unpaired) electrons. The Morgan fingerprint density at radius 3 is 2.53 bits per heavy atom. The van der Waals surface area contributed by atoms with Crippen LogP contribution in [0.25, 0.3) is 11.2 Å². The maximum absolute atomic E-state index is 6.49. The monoisotopic (exact) mass is 464 g/mol. The van der Waals surface area contributed by atoms with Crippen LogP contribution in [0, 0.1) is 0 Å². The molecule has 2 fully saturated rings. The summed E-state index contributed by atoms with van der Waals surface area (Å²) in [6.45, 7) is 16.1. The number of nitrogens with zero attached hydrogens (tertiary/aromatic N) is 4. The molecule has 0 aliphatic carbocycles. The minimum atomic E-state index is -1.93. The highest BCUT2D eigenvalue weighted by Gasteiger charge is 2.56. The lowest BCUT2D eigenvalue weighted by molar-refractivity contribution is -0.199. The van der Waals surface area contributed by atoms with Crippen molar-refractivity contribution >= 4 is 19.5 Å². The molecule has 0 N–H and O–H groups in total. The predicted octanol–water partition coefficient (Wildman–Crippen LogP) is 3.45. The second-order valence-electron chi connectivity index (χ2n) is 10.6. The molecule has 4 atom stereocenters. The van der Waals surface area contributed by atoms with Crippen LogP contribution in [0.4, 0.5) is 0 Å². The second-order valence-corrected chi connectivity index (χ2v) is 15.4. The number of hydrogen-bond acceptors (Lipinski definition) is 8. The van der Waals surface area contributed by atoms with Crippen molar-refractivity contribution in [2.24, 2.45) is 0 Å².